The van der Waals surface area contributed by atoms with E-state index in [2.05, 4.69) is 36.4 Å². The van der Waals surface area contributed by atoms with Crippen LogP contribution in [-0.2, 0) is 34.5 Å². The highest BCUT2D eigenvalue weighted by molar-refractivity contribution is 6.06. The zero-order valence-corrected chi connectivity index (χ0v) is 31.9. The molecular formula is C41H44N8O8. The molecule has 57 heavy (non-hydrogen) atoms. The zero-order chi connectivity index (χ0) is 40.1. The Morgan fingerprint density at radius 3 is 2.53 bits per heavy atom. The minimum atomic E-state index is -0.746. The molecule has 4 amide bonds. The summed E-state index contributed by atoms with van der Waals surface area (Å²) < 4.78 is 9.19. The summed E-state index contributed by atoms with van der Waals surface area (Å²) >= 11 is 0. The molecule has 0 radical (unpaired) electrons. The number of hydrogen-bond acceptors (Lipinski definition) is 10. The summed E-state index contributed by atoms with van der Waals surface area (Å²) in [6.07, 6.45) is 1.48. The lowest BCUT2D eigenvalue weighted by Crippen LogP contribution is -2.52. The number of anilines is 1. The zero-order valence-electron chi connectivity index (χ0n) is 31.9. The monoisotopic (exact) mass is 776 g/mol. The number of benzene rings is 3. The van der Waals surface area contributed by atoms with Crippen LogP contribution in [0.5, 0.6) is 11.5 Å². The van der Waals surface area contributed by atoms with Crippen LogP contribution in [0, 0.1) is 5.92 Å². The maximum Gasteiger partial charge on any atom is 0.411 e. The van der Waals surface area contributed by atoms with Gasteiger partial charge in [-0.1, -0.05) is 19.9 Å². The fraction of sp³-hybridized carbons (Fsp3) is 0.366. The number of ether oxygens (including phenoxy) is 1. The Bertz CT molecular complexity index is 2490. The fourth-order valence-electron chi connectivity index (χ4n) is 8.22. The highest BCUT2D eigenvalue weighted by Crippen LogP contribution is 2.38. The summed E-state index contributed by atoms with van der Waals surface area (Å²) in [7, 11) is 2.01. The normalized spacial score (nSPS) is 17.7. The number of fused-ring (bicyclic) bond motifs is 2. The first-order valence-corrected chi connectivity index (χ1v) is 19.1. The number of H-pyrrole nitrogens is 1. The number of nitrogens with one attached hydrogen (secondary N) is 3. The van der Waals surface area contributed by atoms with Crippen LogP contribution in [-0.4, -0.2) is 88.9 Å². The van der Waals surface area contributed by atoms with Gasteiger partial charge in [0, 0.05) is 66.0 Å². The molecule has 2 aromatic heterocycles. The number of carbonyl (C=O) groups excluding carboxylic acids is 4. The smallest absolute Gasteiger partial charge is 0.411 e. The first-order chi connectivity index (χ1) is 27.4. The Kier molecular flexibility index (Phi) is 9.81. The van der Waals surface area contributed by atoms with E-state index in [-0.39, 0.29) is 67.0 Å². The van der Waals surface area contributed by atoms with Crippen LogP contribution in [0.15, 0.2) is 59.4 Å². The third-order valence-corrected chi connectivity index (χ3v) is 11.4. The third-order valence-electron chi connectivity index (χ3n) is 11.4. The average molecular weight is 777 g/mol. The van der Waals surface area contributed by atoms with E-state index in [9.17, 15) is 34.2 Å². The van der Waals surface area contributed by atoms with E-state index in [1.807, 2.05) is 39.1 Å². The number of phenols is 2. The Morgan fingerprint density at radius 1 is 0.982 bits per heavy atom. The number of hydrogen-bond donors (Lipinski definition) is 5. The molecule has 1 atom stereocenters. The molecule has 296 valence electrons. The molecule has 8 rings (SSSR count). The van der Waals surface area contributed by atoms with Gasteiger partial charge in [0.1, 0.15) is 17.5 Å². The predicted molar refractivity (Wildman–Crippen MR) is 209 cm³/mol. The minimum Gasteiger partial charge on any atom is -0.508 e. The number of amides is 4. The highest BCUT2D eigenvalue weighted by Gasteiger charge is 2.40. The number of aromatic hydroxyl groups is 2. The van der Waals surface area contributed by atoms with Crippen molar-refractivity contribution in [2.75, 3.05) is 25.0 Å². The van der Waals surface area contributed by atoms with Crippen molar-refractivity contribution >= 4 is 40.4 Å². The summed E-state index contributed by atoms with van der Waals surface area (Å²) in [5, 5.41) is 33.8. The lowest BCUT2D eigenvalue weighted by atomic mass is 9.98. The molecule has 2 saturated heterocycles. The molecule has 16 nitrogen and oxygen atoms in total. The molecule has 0 saturated carbocycles. The van der Waals surface area contributed by atoms with Gasteiger partial charge in [-0.25, -0.2) is 19.3 Å². The Morgan fingerprint density at radius 2 is 1.77 bits per heavy atom. The van der Waals surface area contributed by atoms with Crippen molar-refractivity contribution in [1.29, 1.82) is 0 Å². The van der Waals surface area contributed by atoms with Crippen molar-refractivity contribution in [3.8, 4) is 28.6 Å². The van der Waals surface area contributed by atoms with Crippen LogP contribution < -0.4 is 16.3 Å². The van der Waals surface area contributed by atoms with Crippen LogP contribution in [0.1, 0.15) is 72.6 Å². The number of aromatic amines is 1. The van der Waals surface area contributed by atoms with E-state index in [0.29, 0.717) is 40.2 Å². The average Bonchev–Trinajstić information content (AvgIpc) is 3.83. The maximum atomic E-state index is 13.2. The standard InChI is InChI=1S/C41H44N8O8/c1-22(2)28-17-29(35(51)18-34(28)50)37-44-45-40(55)49(37)25-7-8-32-24(15-25)16-26(46(32)3)19-47-13-11-23(12-14-47)21-57-41(56)42-31-6-4-5-27-30(31)20-48(39(27)54)33-9-10-36(52)43-38(33)53/h4-8,15-18,22-23,33,50-51H,9-14,19-21H2,1-3H3,(H,42,56)(H,45,55)(H,43,52,53). The molecule has 0 aliphatic carbocycles. The number of aryl methyl sites for hydroxylation is 1. The molecule has 1 unspecified atom stereocenters. The van der Waals surface area contributed by atoms with Gasteiger partial charge in [-0.15, -0.1) is 0 Å². The predicted octanol–water partition coefficient (Wildman–Crippen LogP) is 4.48. The van der Waals surface area contributed by atoms with Gasteiger partial charge in [-0.2, -0.15) is 5.10 Å². The van der Waals surface area contributed by atoms with Crippen molar-refractivity contribution in [2.24, 2.45) is 13.0 Å². The van der Waals surface area contributed by atoms with Crippen LogP contribution in [0.25, 0.3) is 28.0 Å². The summed E-state index contributed by atoms with van der Waals surface area (Å²) in [5.41, 5.74) is 4.64. The summed E-state index contributed by atoms with van der Waals surface area (Å²) in [5.74, 6) is -0.973. The van der Waals surface area contributed by atoms with Gasteiger partial charge in [-0.3, -0.25) is 29.9 Å². The first-order valence-electron chi connectivity index (χ1n) is 19.1. The molecule has 5 aromatic rings. The SMILES string of the molecule is CC(C)c1cc(-c2n[nH]c(=O)n2-c2ccc3c(c2)cc(CN2CCC(COC(=O)Nc4cccc5c4CN(C4CCC(=O)NC4=O)C5=O)CC2)n3C)c(O)cc1O. The van der Waals surface area contributed by atoms with Crippen molar-refractivity contribution in [3.05, 3.63) is 87.5 Å². The summed E-state index contributed by atoms with van der Waals surface area (Å²) in [4.78, 5) is 67.0. The number of carbonyl (C=O) groups is 4. The van der Waals surface area contributed by atoms with Crippen molar-refractivity contribution in [2.45, 2.75) is 64.6 Å². The number of piperidine rings is 2. The van der Waals surface area contributed by atoms with Crippen LogP contribution in [0.2, 0.25) is 0 Å². The van der Waals surface area contributed by atoms with Crippen LogP contribution >= 0.6 is 0 Å². The van der Waals surface area contributed by atoms with Crippen molar-refractivity contribution in [3.63, 3.8) is 0 Å². The molecule has 3 aliphatic rings. The van der Waals surface area contributed by atoms with E-state index in [1.54, 1.807) is 24.3 Å². The second-order valence-electron chi connectivity index (χ2n) is 15.4. The second kappa shape index (κ2) is 14.9. The van der Waals surface area contributed by atoms with Crippen LogP contribution in [0.3, 0.4) is 0 Å². The lowest BCUT2D eigenvalue weighted by Gasteiger charge is -2.31. The van der Waals surface area contributed by atoms with Gasteiger partial charge in [0.05, 0.1) is 17.9 Å². The molecule has 3 aliphatic heterocycles. The fourth-order valence-corrected chi connectivity index (χ4v) is 8.22. The molecular weight excluding hydrogens is 732 g/mol. The van der Waals surface area contributed by atoms with Gasteiger partial charge < -0.3 is 24.4 Å². The number of phenolic OH excluding ortho intramolecular Hbond substituents is 2. The number of aromatic nitrogens is 4. The van der Waals surface area contributed by atoms with E-state index in [1.165, 1.54) is 15.5 Å². The molecule has 5 N–H and O–H groups in total. The third kappa shape index (κ3) is 7.12. The topological polar surface area (TPSA) is 204 Å². The Hall–Kier alpha value is -6.42. The van der Waals surface area contributed by atoms with E-state index >= 15 is 0 Å². The highest BCUT2D eigenvalue weighted by atomic mass is 16.5. The largest absolute Gasteiger partial charge is 0.508 e. The first kappa shape index (κ1) is 37.5. The molecule has 0 spiro atoms. The minimum absolute atomic E-state index is 0.0198. The molecule has 0 bridgehead atoms. The number of imide groups is 1. The van der Waals surface area contributed by atoms with E-state index < -0.39 is 23.7 Å². The number of rotatable bonds is 9. The van der Waals surface area contributed by atoms with E-state index in [4.69, 9.17) is 4.74 Å². The molecule has 2 fully saturated rings. The van der Waals surface area contributed by atoms with Crippen molar-refractivity contribution in [1.82, 2.24) is 34.4 Å². The van der Waals surface area contributed by atoms with Gasteiger partial charge in [-0.05, 0) is 92.2 Å². The quantitative estimate of drug-likeness (QED) is 0.133. The Labute approximate surface area is 327 Å². The van der Waals surface area contributed by atoms with Gasteiger partial charge >= 0.3 is 11.8 Å². The van der Waals surface area contributed by atoms with Crippen LogP contribution in [0.4, 0.5) is 10.5 Å². The maximum absolute atomic E-state index is 13.2. The number of nitrogens with zero attached hydrogens (tertiary/aromatic N) is 5. The Balaban J connectivity index is 0.874. The second-order valence-corrected chi connectivity index (χ2v) is 15.4. The number of likely N-dealkylation sites (tertiary alicyclic amines) is 1. The lowest BCUT2D eigenvalue weighted by molar-refractivity contribution is -0.136. The molecule has 3 aromatic carbocycles. The van der Waals surface area contributed by atoms with Gasteiger partial charge in [0.2, 0.25) is 11.8 Å². The molecule has 5 heterocycles. The molecule has 16 heteroatoms. The van der Waals surface area contributed by atoms with Crippen molar-refractivity contribution < 1.29 is 34.1 Å². The van der Waals surface area contributed by atoms with Gasteiger partial charge in [0.15, 0.2) is 5.82 Å². The van der Waals surface area contributed by atoms with Gasteiger partial charge in [0.25, 0.3) is 5.91 Å². The summed E-state index contributed by atoms with van der Waals surface area (Å²) in [6.45, 7) is 6.59. The van der Waals surface area contributed by atoms with E-state index in [0.717, 1.165) is 42.5 Å². The summed E-state index contributed by atoms with van der Waals surface area (Å²) in [6, 6.07) is 15.1.